The third kappa shape index (κ3) is 2.41. The lowest BCUT2D eigenvalue weighted by molar-refractivity contribution is -0.0729. The van der Waals surface area contributed by atoms with Gasteiger partial charge in [0.1, 0.15) is 5.75 Å². The topological polar surface area (TPSA) is 41.5 Å². The molecule has 3 rings (SSSR count). The molecule has 0 aliphatic heterocycles. The molecule has 2 N–H and O–H groups in total. The van der Waals surface area contributed by atoms with Gasteiger partial charge < -0.3 is 15.2 Å². The van der Waals surface area contributed by atoms with E-state index < -0.39 is 0 Å². The summed E-state index contributed by atoms with van der Waals surface area (Å²) < 4.78 is 5.52. The molecule has 0 heterocycles. The molecule has 0 saturated heterocycles. The fourth-order valence-corrected chi connectivity index (χ4v) is 3.16. The van der Waals surface area contributed by atoms with Crippen LogP contribution in [0.15, 0.2) is 36.4 Å². The molecule has 0 amide bonds. The highest BCUT2D eigenvalue weighted by Crippen LogP contribution is 2.41. The van der Waals surface area contributed by atoms with Gasteiger partial charge in [-0.3, -0.25) is 0 Å². The van der Waals surface area contributed by atoms with Crippen molar-refractivity contribution >= 4 is 10.8 Å². The van der Waals surface area contributed by atoms with E-state index in [1.807, 2.05) is 6.07 Å². The van der Waals surface area contributed by atoms with Crippen LogP contribution in [-0.2, 0) is 6.54 Å². The molecule has 1 aliphatic carbocycles. The summed E-state index contributed by atoms with van der Waals surface area (Å²) in [6.45, 7) is 4.98. The van der Waals surface area contributed by atoms with Crippen LogP contribution in [0, 0.1) is 5.41 Å². The van der Waals surface area contributed by atoms with Gasteiger partial charge in [-0.15, -0.1) is 0 Å². The quantitative estimate of drug-likeness (QED) is 0.907. The zero-order valence-electron chi connectivity index (χ0n) is 12.9. The first kappa shape index (κ1) is 14.4. The SMILES string of the molecule is COc1ccc2ccccc2c1CNC1CC(O)C1(C)C. The van der Waals surface area contributed by atoms with Crippen molar-refractivity contribution in [3.8, 4) is 5.75 Å². The fraction of sp³-hybridized carbons (Fsp3) is 0.444. The zero-order chi connectivity index (χ0) is 15.0. The largest absolute Gasteiger partial charge is 0.496 e. The summed E-state index contributed by atoms with van der Waals surface area (Å²) >= 11 is 0. The lowest BCUT2D eigenvalue weighted by Crippen LogP contribution is -2.59. The second kappa shape index (κ2) is 5.32. The molecule has 1 saturated carbocycles. The summed E-state index contributed by atoms with van der Waals surface area (Å²) in [6.07, 6.45) is 0.615. The normalized spacial score (nSPS) is 23.8. The van der Waals surface area contributed by atoms with Crippen molar-refractivity contribution in [1.29, 1.82) is 0 Å². The lowest BCUT2D eigenvalue weighted by atomic mass is 9.64. The molecule has 21 heavy (non-hydrogen) atoms. The Labute approximate surface area is 125 Å². The molecule has 112 valence electrons. The molecule has 2 atom stereocenters. The van der Waals surface area contributed by atoms with Crippen molar-refractivity contribution in [2.24, 2.45) is 5.41 Å². The highest BCUT2D eigenvalue weighted by molar-refractivity contribution is 5.87. The van der Waals surface area contributed by atoms with E-state index >= 15 is 0 Å². The molecule has 1 fully saturated rings. The van der Waals surface area contributed by atoms with Crippen LogP contribution in [0.5, 0.6) is 5.75 Å². The average Bonchev–Trinajstić information content (AvgIpc) is 2.50. The molecule has 0 bridgehead atoms. The Morgan fingerprint density at radius 3 is 2.67 bits per heavy atom. The number of benzene rings is 2. The van der Waals surface area contributed by atoms with E-state index in [2.05, 4.69) is 49.5 Å². The first-order valence-corrected chi connectivity index (χ1v) is 7.50. The smallest absolute Gasteiger partial charge is 0.123 e. The molecule has 3 heteroatoms. The van der Waals surface area contributed by atoms with Crippen molar-refractivity contribution in [3.63, 3.8) is 0 Å². The lowest BCUT2D eigenvalue weighted by Gasteiger charge is -2.49. The van der Waals surface area contributed by atoms with Crippen LogP contribution in [0.25, 0.3) is 10.8 Å². The molecule has 0 aromatic heterocycles. The van der Waals surface area contributed by atoms with E-state index in [9.17, 15) is 5.11 Å². The highest BCUT2D eigenvalue weighted by Gasteiger charge is 2.46. The third-order valence-electron chi connectivity index (χ3n) is 4.96. The van der Waals surface area contributed by atoms with Crippen molar-refractivity contribution < 1.29 is 9.84 Å². The number of fused-ring (bicyclic) bond motifs is 1. The van der Waals surface area contributed by atoms with Gasteiger partial charge in [-0.2, -0.15) is 0 Å². The number of nitrogens with one attached hydrogen (secondary N) is 1. The highest BCUT2D eigenvalue weighted by atomic mass is 16.5. The van der Waals surface area contributed by atoms with Gasteiger partial charge in [0, 0.05) is 23.6 Å². The Morgan fingerprint density at radius 1 is 1.24 bits per heavy atom. The monoisotopic (exact) mass is 285 g/mol. The van der Waals surface area contributed by atoms with Crippen LogP contribution in [0.2, 0.25) is 0 Å². The van der Waals surface area contributed by atoms with Crippen LogP contribution < -0.4 is 10.1 Å². The van der Waals surface area contributed by atoms with Crippen LogP contribution in [-0.4, -0.2) is 24.4 Å². The number of rotatable bonds is 4. The summed E-state index contributed by atoms with van der Waals surface area (Å²) in [6, 6.07) is 12.8. The molecule has 0 spiro atoms. The number of aliphatic hydroxyl groups excluding tert-OH is 1. The molecule has 3 nitrogen and oxygen atoms in total. The second-order valence-electron chi connectivity index (χ2n) is 6.47. The summed E-state index contributed by atoms with van der Waals surface area (Å²) in [4.78, 5) is 0. The number of hydrogen-bond donors (Lipinski definition) is 2. The zero-order valence-corrected chi connectivity index (χ0v) is 12.9. The molecular weight excluding hydrogens is 262 g/mol. The van der Waals surface area contributed by atoms with E-state index in [1.54, 1.807) is 7.11 Å². The minimum Gasteiger partial charge on any atom is -0.496 e. The van der Waals surface area contributed by atoms with Crippen molar-refractivity contribution in [2.75, 3.05) is 7.11 Å². The first-order chi connectivity index (χ1) is 10.0. The van der Waals surface area contributed by atoms with Gasteiger partial charge in [-0.25, -0.2) is 0 Å². The van der Waals surface area contributed by atoms with Crippen molar-refractivity contribution in [3.05, 3.63) is 42.0 Å². The average molecular weight is 285 g/mol. The Kier molecular flexibility index (Phi) is 3.64. The maximum absolute atomic E-state index is 9.85. The number of aliphatic hydroxyl groups is 1. The minimum absolute atomic E-state index is 0.0577. The summed E-state index contributed by atoms with van der Waals surface area (Å²) in [5, 5.41) is 15.9. The van der Waals surface area contributed by atoms with Gasteiger partial charge in [0.15, 0.2) is 0 Å². The van der Waals surface area contributed by atoms with Gasteiger partial charge in [0.25, 0.3) is 0 Å². The van der Waals surface area contributed by atoms with Gasteiger partial charge in [-0.05, 0) is 23.3 Å². The first-order valence-electron chi connectivity index (χ1n) is 7.50. The molecule has 2 unspecified atom stereocenters. The third-order valence-corrected chi connectivity index (χ3v) is 4.96. The summed E-state index contributed by atoms with van der Waals surface area (Å²) in [5.74, 6) is 0.916. The molecule has 0 radical (unpaired) electrons. The van der Waals surface area contributed by atoms with Gasteiger partial charge in [0.2, 0.25) is 0 Å². The van der Waals surface area contributed by atoms with E-state index in [-0.39, 0.29) is 11.5 Å². The van der Waals surface area contributed by atoms with E-state index in [1.165, 1.54) is 16.3 Å². The number of hydrogen-bond acceptors (Lipinski definition) is 3. The molecular formula is C18H23NO2. The Morgan fingerprint density at radius 2 is 2.00 bits per heavy atom. The Bertz CT molecular complexity index is 651. The molecule has 2 aromatic rings. The predicted octanol–water partition coefficient (Wildman–Crippen LogP) is 3.10. The van der Waals surface area contributed by atoms with Crippen LogP contribution in [0.1, 0.15) is 25.8 Å². The Hall–Kier alpha value is -1.58. The van der Waals surface area contributed by atoms with Gasteiger partial charge in [0.05, 0.1) is 13.2 Å². The fourth-order valence-electron chi connectivity index (χ4n) is 3.16. The van der Waals surface area contributed by atoms with Crippen molar-refractivity contribution in [1.82, 2.24) is 5.32 Å². The second-order valence-corrected chi connectivity index (χ2v) is 6.47. The Balaban J connectivity index is 1.86. The predicted molar refractivity (Wildman–Crippen MR) is 85.5 cm³/mol. The number of methoxy groups -OCH3 is 1. The van der Waals surface area contributed by atoms with Crippen LogP contribution in [0.3, 0.4) is 0 Å². The number of ether oxygens (including phenoxy) is 1. The summed E-state index contributed by atoms with van der Waals surface area (Å²) in [5.41, 5.74) is 1.13. The molecule has 2 aromatic carbocycles. The van der Waals surface area contributed by atoms with Gasteiger partial charge in [-0.1, -0.05) is 44.2 Å². The van der Waals surface area contributed by atoms with E-state index in [0.717, 1.165) is 18.7 Å². The van der Waals surface area contributed by atoms with Crippen LogP contribution in [0.4, 0.5) is 0 Å². The van der Waals surface area contributed by atoms with Crippen LogP contribution >= 0.6 is 0 Å². The standard InChI is InChI=1S/C18H23NO2/c1-18(2)16(10-17(18)20)19-11-14-13-7-5-4-6-12(13)8-9-15(14)21-3/h4-9,16-17,19-20H,10-11H2,1-3H3. The summed E-state index contributed by atoms with van der Waals surface area (Å²) in [7, 11) is 1.71. The molecule has 1 aliphatic rings. The van der Waals surface area contributed by atoms with E-state index in [4.69, 9.17) is 4.74 Å². The minimum atomic E-state index is -0.204. The maximum Gasteiger partial charge on any atom is 0.123 e. The van der Waals surface area contributed by atoms with Gasteiger partial charge >= 0.3 is 0 Å². The van der Waals surface area contributed by atoms with E-state index in [0.29, 0.717) is 6.04 Å². The maximum atomic E-state index is 9.85. The van der Waals surface area contributed by atoms with Crippen molar-refractivity contribution in [2.45, 2.75) is 39.0 Å².